The Balaban J connectivity index is 1.84. The third kappa shape index (κ3) is 4.45. The fourth-order valence-electron chi connectivity index (χ4n) is 3.58. The van der Waals surface area contributed by atoms with E-state index in [-0.39, 0.29) is 11.8 Å². The first-order valence-corrected chi connectivity index (χ1v) is 9.19. The van der Waals surface area contributed by atoms with Gasteiger partial charge in [-0.25, -0.2) is 9.59 Å². The maximum Gasteiger partial charge on any atom is 0.338 e. The van der Waals surface area contributed by atoms with Crippen LogP contribution in [0.15, 0.2) is 35.5 Å². The van der Waals surface area contributed by atoms with Crippen LogP contribution < -0.4 is 10.6 Å². The number of rotatable bonds is 4. The van der Waals surface area contributed by atoms with E-state index in [4.69, 9.17) is 4.74 Å². The van der Waals surface area contributed by atoms with Gasteiger partial charge in [0.2, 0.25) is 0 Å². The number of amides is 2. The first kappa shape index (κ1) is 18.9. The van der Waals surface area contributed by atoms with Gasteiger partial charge in [-0.1, -0.05) is 12.8 Å². The number of hydrogen-bond donors (Lipinski definition) is 2. The highest BCUT2D eigenvalue weighted by Gasteiger charge is 2.33. The number of nitrogens with one attached hydrogen (secondary N) is 2. The zero-order chi connectivity index (χ0) is 19.4. The zero-order valence-corrected chi connectivity index (χ0v) is 15.2. The van der Waals surface area contributed by atoms with E-state index in [1.807, 2.05) is 0 Å². The molecule has 0 aromatic heterocycles. The number of benzene rings is 1. The van der Waals surface area contributed by atoms with Gasteiger partial charge in [0, 0.05) is 17.8 Å². The highest BCUT2D eigenvalue weighted by atomic mass is 16.6. The number of allylic oxidation sites excluding steroid dienone is 1. The van der Waals surface area contributed by atoms with Crippen molar-refractivity contribution in [2.24, 2.45) is 0 Å². The van der Waals surface area contributed by atoms with Gasteiger partial charge in [0.15, 0.2) is 0 Å². The number of carbonyl (C=O) groups excluding carboxylic acids is 2. The summed E-state index contributed by atoms with van der Waals surface area (Å²) >= 11 is 0. The first-order chi connectivity index (χ1) is 13.0. The maximum atomic E-state index is 12.9. The Bertz CT molecular complexity index is 764. The van der Waals surface area contributed by atoms with Gasteiger partial charge in [0.1, 0.15) is 6.10 Å². The second-order valence-corrected chi connectivity index (χ2v) is 6.94. The molecule has 144 valence electrons. The van der Waals surface area contributed by atoms with Gasteiger partial charge in [-0.3, -0.25) is 10.1 Å². The lowest BCUT2D eigenvalue weighted by Crippen LogP contribution is -2.45. The molecule has 1 fully saturated rings. The molecule has 0 saturated heterocycles. The molecule has 3 rings (SSSR count). The average molecular weight is 373 g/mol. The second-order valence-electron chi connectivity index (χ2n) is 6.94. The van der Waals surface area contributed by atoms with E-state index >= 15 is 0 Å². The maximum absolute atomic E-state index is 12.9. The molecule has 8 heteroatoms. The summed E-state index contributed by atoms with van der Waals surface area (Å²) in [6, 6.07) is 4.65. The molecule has 0 spiro atoms. The van der Waals surface area contributed by atoms with Crippen LogP contribution in [0.25, 0.3) is 0 Å². The predicted octanol–water partition coefficient (Wildman–Crippen LogP) is 3.49. The molecule has 1 aliphatic heterocycles. The minimum Gasteiger partial charge on any atom is -0.459 e. The molecule has 0 unspecified atom stereocenters. The smallest absolute Gasteiger partial charge is 0.338 e. The summed E-state index contributed by atoms with van der Waals surface area (Å²) in [5.41, 5.74) is 1.29. The van der Waals surface area contributed by atoms with Crippen molar-refractivity contribution in [1.29, 1.82) is 0 Å². The van der Waals surface area contributed by atoms with E-state index in [2.05, 4.69) is 10.6 Å². The Kier molecular flexibility index (Phi) is 5.73. The lowest BCUT2D eigenvalue weighted by Gasteiger charge is -2.29. The number of nitro benzene ring substituents is 1. The summed E-state index contributed by atoms with van der Waals surface area (Å²) in [4.78, 5) is 35.2. The molecule has 2 amide bonds. The number of nitrogens with zero attached hydrogens (tertiary/aromatic N) is 1. The van der Waals surface area contributed by atoms with E-state index in [0.717, 1.165) is 38.5 Å². The van der Waals surface area contributed by atoms with Crippen LogP contribution in [0, 0.1) is 10.1 Å². The Morgan fingerprint density at radius 2 is 1.78 bits per heavy atom. The van der Waals surface area contributed by atoms with Gasteiger partial charge in [0.05, 0.1) is 16.5 Å². The SMILES string of the molecule is CC1=C(C(=O)OC2CCCCCC2)[C@@H](c2ccc([N+](=O)[O-])cc2)NC(=O)N1. The molecule has 1 atom stereocenters. The Hall–Kier alpha value is -2.90. The lowest BCUT2D eigenvalue weighted by molar-refractivity contribution is -0.384. The Morgan fingerprint density at radius 3 is 2.37 bits per heavy atom. The third-order valence-corrected chi connectivity index (χ3v) is 5.00. The topological polar surface area (TPSA) is 111 Å². The molecular formula is C19H23N3O5. The number of urea groups is 1. The number of carbonyl (C=O) groups is 2. The molecular weight excluding hydrogens is 350 g/mol. The van der Waals surface area contributed by atoms with Crippen LogP contribution in [0.2, 0.25) is 0 Å². The van der Waals surface area contributed by atoms with E-state index in [1.165, 1.54) is 12.1 Å². The van der Waals surface area contributed by atoms with E-state index < -0.39 is 23.0 Å². The number of ether oxygens (including phenoxy) is 1. The third-order valence-electron chi connectivity index (χ3n) is 5.00. The van der Waals surface area contributed by atoms with Crippen molar-refractivity contribution in [1.82, 2.24) is 10.6 Å². The molecule has 1 aliphatic carbocycles. The van der Waals surface area contributed by atoms with Gasteiger partial charge < -0.3 is 15.4 Å². The molecule has 8 nitrogen and oxygen atoms in total. The van der Waals surface area contributed by atoms with Crippen molar-refractivity contribution >= 4 is 17.7 Å². The summed E-state index contributed by atoms with van der Waals surface area (Å²) in [6.45, 7) is 1.65. The van der Waals surface area contributed by atoms with Crippen molar-refractivity contribution in [3.05, 3.63) is 51.2 Å². The van der Waals surface area contributed by atoms with Gasteiger partial charge >= 0.3 is 12.0 Å². The van der Waals surface area contributed by atoms with Crippen LogP contribution in [0.3, 0.4) is 0 Å². The molecule has 2 N–H and O–H groups in total. The molecule has 2 aliphatic rings. The zero-order valence-electron chi connectivity index (χ0n) is 15.2. The second kappa shape index (κ2) is 8.20. The van der Waals surface area contributed by atoms with E-state index in [1.54, 1.807) is 19.1 Å². The number of nitro groups is 1. The van der Waals surface area contributed by atoms with Crippen LogP contribution in [0.1, 0.15) is 57.1 Å². The molecule has 0 radical (unpaired) electrons. The van der Waals surface area contributed by atoms with Crippen LogP contribution in [0.4, 0.5) is 10.5 Å². The molecule has 1 saturated carbocycles. The van der Waals surface area contributed by atoms with Gasteiger partial charge in [0.25, 0.3) is 5.69 Å². The van der Waals surface area contributed by atoms with Crippen molar-refractivity contribution in [3.8, 4) is 0 Å². The minimum absolute atomic E-state index is 0.0534. The van der Waals surface area contributed by atoms with Gasteiger partial charge in [-0.05, 0) is 50.3 Å². The molecule has 0 bridgehead atoms. The number of non-ortho nitro benzene ring substituents is 1. The Labute approximate surface area is 157 Å². The fraction of sp³-hybridized carbons (Fsp3) is 0.474. The quantitative estimate of drug-likeness (QED) is 0.363. The summed E-state index contributed by atoms with van der Waals surface area (Å²) < 4.78 is 5.73. The van der Waals surface area contributed by atoms with Crippen LogP contribution >= 0.6 is 0 Å². The van der Waals surface area contributed by atoms with Gasteiger partial charge in [-0.15, -0.1) is 0 Å². The minimum atomic E-state index is -0.710. The van der Waals surface area contributed by atoms with Gasteiger partial charge in [-0.2, -0.15) is 0 Å². The normalized spacial score (nSPS) is 21.1. The average Bonchev–Trinajstić information content (AvgIpc) is 2.89. The van der Waals surface area contributed by atoms with Crippen LogP contribution in [-0.4, -0.2) is 23.0 Å². The van der Waals surface area contributed by atoms with Crippen LogP contribution in [-0.2, 0) is 9.53 Å². The molecule has 1 heterocycles. The monoisotopic (exact) mass is 373 g/mol. The molecule has 27 heavy (non-hydrogen) atoms. The summed E-state index contributed by atoms with van der Waals surface area (Å²) in [7, 11) is 0. The lowest BCUT2D eigenvalue weighted by atomic mass is 9.95. The summed E-state index contributed by atoms with van der Waals surface area (Å²) in [5, 5.41) is 16.2. The summed E-state index contributed by atoms with van der Waals surface area (Å²) in [5.74, 6) is -0.463. The first-order valence-electron chi connectivity index (χ1n) is 9.19. The van der Waals surface area contributed by atoms with Crippen molar-refractivity contribution in [2.75, 3.05) is 0 Å². The van der Waals surface area contributed by atoms with E-state index in [9.17, 15) is 19.7 Å². The van der Waals surface area contributed by atoms with E-state index in [0.29, 0.717) is 16.8 Å². The Morgan fingerprint density at radius 1 is 1.15 bits per heavy atom. The predicted molar refractivity (Wildman–Crippen MR) is 97.8 cm³/mol. The molecule has 1 aromatic carbocycles. The van der Waals surface area contributed by atoms with Crippen molar-refractivity contribution in [2.45, 2.75) is 57.6 Å². The molecule has 1 aromatic rings. The number of hydrogen-bond acceptors (Lipinski definition) is 5. The fourth-order valence-corrected chi connectivity index (χ4v) is 3.58. The highest BCUT2D eigenvalue weighted by Crippen LogP contribution is 2.30. The van der Waals surface area contributed by atoms with Crippen LogP contribution in [0.5, 0.6) is 0 Å². The highest BCUT2D eigenvalue weighted by molar-refractivity contribution is 5.95. The summed E-state index contributed by atoms with van der Waals surface area (Å²) in [6.07, 6.45) is 5.96. The van der Waals surface area contributed by atoms with Crippen molar-refractivity contribution in [3.63, 3.8) is 0 Å². The standard InChI is InChI=1S/C19H23N3O5/c1-12-16(18(23)27-15-6-4-2-3-5-7-15)17(21-19(24)20-12)13-8-10-14(11-9-13)22(25)26/h8-11,15,17H,2-7H2,1H3,(H2,20,21,24)/t17-/m1/s1. The number of esters is 1. The van der Waals surface area contributed by atoms with Crippen molar-refractivity contribution < 1.29 is 19.2 Å². The largest absolute Gasteiger partial charge is 0.459 e.